The van der Waals surface area contributed by atoms with Crippen molar-refractivity contribution >= 4 is 17.4 Å². The molecule has 66 valence electrons. The molecule has 0 aromatic carbocycles. The van der Waals surface area contributed by atoms with Gasteiger partial charge in [0.15, 0.2) is 0 Å². The summed E-state index contributed by atoms with van der Waals surface area (Å²) in [5.41, 5.74) is 5.25. The average molecular weight is 187 g/mol. The molecule has 0 aliphatic carbocycles. The largest absolute Gasteiger partial charge is 0.384 e. The van der Waals surface area contributed by atoms with Gasteiger partial charge in [0.1, 0.15) is 5.82 Å². The lowest BCUT2D eigenvalue weighted by atomic mass is 10.5. The first-order chi connectivity index (χ1) is 5.83. The van der Waals surface area contributed by atoms with E-state index in [0.29, 0.717) is 17.8 Å². The van der Waals surface area contributed by atoms with Crippen LogP contribution in [-0.4, -0.2) is 23.6 Å². The molecule has 0 radical (unpaired) electrons. The number of hydrogen-bond acceptors (Lipinski definition) is 3. The lowest BCUT2D eigenvalue weighted by Crippen LogP contribution is -1.85. The van der Waals surface area contributed by atoms with E-state index in [0.717, 1.165) is 6.61 Å². The molecule has 1 aliphatic rings. The van der Waals surface area contributed by atoms with Crippen LogP contribution in [0.4, 0.5) is 5.82 Å². The van der Waals surface area contributed by atoms with Crippen LogP contribution in [0.1, 0.15) is 0 Å². The fraction of sp³-hybridized carbons (Fsp3) is 0.375. The summed E-state index contributed by atoms with van der Waals surface area (Å²) in [4.78, 5) is 3.76. The van der Waals surface area contributed by atoms with Crippen LogP contribution < -0.4 is 5.73 Å². The minimum absolute atomic E-state index is 0.400. The highest BCUT2D eigenvalue weighted by atomic mass is 35.5. The number of ether oxygens (including phenoxy) is 1. The second-order valence-corrected chi connectivity index (χ2v) is 2.67. The molecular weight excluding hydrogens is 176 g/mol. The van der Waals surface area contributed by atoms with Gasteiger partial charge in [-0.1, -0.05) is 6.07 Å². The van der Waals surface area contributed by atoms with Gasteiger partial charge in [0, 0.05) is 6.20 Å². The Morgan fingerprint density at radius 3 is 2.58 bits per heavy atom. The molecule has 1 atom stereocenters. The molecule has 1 aliphatic heterocycles. The van der Waals surface area contributed by atoms with Crippen LogP contribution in [-0.2, 0) is 4.74 Å². The van der Waals surface area contributed by atoms with Crippen LogP contribution in [0.25, 0.3) is 0 Å². The van der Waals surface area contributed by atoms with Crippen molar-refractivity contribution in [2.24, 2.45) is 0 Å². The Bertz CT molecular complexity index is 214. The summed E-state index contributed by atoms with van der Waals surface area (Å²) in [5.74, 6) is 1.24. The highest BCUT2D eigenvalue weighted by Crippen LogP contribution is 2.08. The predicted octanol–water partition coefficient (Wildman–Crippen LogP) is 1.29. The van der Waals surface area contributed by atoms with Crippen LogP contribution in [0, 0.1) is 0 Å². The molecule has 0 saturated carbocycles. The van der Waals surface area contributed by atoms with E-state index < -0.39 is 0 Å². The van der Waals surface area contributed by atoms with E-state index in [9.17, 15) is 0 Å². The van der Waals surface area contributed by atoms with Gasteiger partial charge < -0.3 is 10.5 Å². The van der Waals surface area contributed by atoms with E-state index in [-0.39, 0.29) is 0 Å². The van der Waals surface area contributed by atoms with Gasteiger partial charge in [0.25, 0.3) is 0 Å². The van der Waals surface area contributed by atoms with Crippen molar-refractivity contribution in [2.45, 2.75) is 6.10 Å². The van der Waals surface area contributed by atoms with Crippen molar-refractivity contribution in [1.82, 2.24) is 4.98 Å². The Balaban J connectivity index is 0.000000127. The van der Waals surface area contributed by atoms with Crippen LogP contribution in [0.15, 0.2) is 24.4 Å². The van der Waals surface area contributed by atoms with E-state index in [4.69, 9.17) is 22.1 Å². The molecule has 12 heavy (non-hydrogen) atoms. The van der Waals surface area contributed by atoms with Gasteiger partial charge in [-0.2, -0.15) is 0 Å². The smallest absolute Gasteiger partial charge is 0.123 e. The molecule has 2 rings (SSSR count). The van der Waals surface area contributed by atoms with Crippen LogP contribution in [0.3, 0.4) is 0 Å². The second kappa shape index (κ2) is 4.95. The summed E-state index contributed by atoms with van der Waals surface area (Å²) in [6, 6.07) is 5.43. The molecule has 1 saturated heterocycles. The highest BCUT2D eigenvalue weighted by Gasteiger charge is 2.19. The molecule has 1 aromatic rings. The number of nitrogens with zero attached hydrogens (tertiary/aromatic N) is 1. The molecule has 1 aromatic heterocycles. The fourth-order valence-corrected chi connectivity index (χ4v) is 0.711. The molecule has 0 bridgehead atoms. The Labute approximate surface area is 76.5 Å². The molecule has 2 heterocycles. The molecule has 1 unspecified atom stereocenters. The molecule has 1 fully saturated rings. The van der Waals surface area contributed by atoms with Gasteiger partial charge in [-0.05, 0) is 12.1 Å². The summed E-state index contributed by atoms with van der Waals surface area (Å²) >= 11 is 5.27. The molecule has 0 amide bonds. The Morgan fingerprint density at radius 1 is 1.67 bits per heavy atom. The number of halogens is 1. The van der Waals surface area contributed by atoms with E-state index in [1.165, 1.54) is 0 Å². The minimum Gasteiger partial charge on any atom is -0.384 e. The quantitative estimate of drug-likeness (QED) is 0.531. The fourth-order valence-electron chi connectivity index (χ4n) is 0.533. The molecule has 2 N–H and O–H groups in total. The maximum absolute atomic E-state index is 5.27. The highest BCUT2D eigenvalue weighted by molar-refractivity contribution is 6.18. The average Bonchev–Trinajstić information content (AvgIpc) is 2.89. The molecule has 4 heteroatoms. The summed E-state index contributed by atoms with van der Waals surface area (Å²) in [6.07, 6.45) is 2.06. The standard InChI is InChI=1S/C5H6N2.C3H5ClO/c6-5-3-1-2-4-7-5;4-1-3-2-5-3/h1-4H,(H2,6,7);3H,1-2H2. The molecular formula is C8H11ClN2O. The van der Waals surface area contributed by atoms with E-state index in [2.05, 4.69) is 4.98 Å². The van der Waals surface area contributed by atoms with Gasteiger partial charge in [0.2, 0.25) is 0 Å². The van der Waals surface area contributed by atoms with Crippen molar-refractivity contribution in [1.29, 1.82) is 0 Å². The minimum atomic E-state index is 0.400. The van der Waals surface area contributed by atoms with Gasteiger partial charge in [0.05, 0.1) is 18.6 Å². The number of nitrogens with two attached hydrogens (primary N) is 1. The first-order valence-corrected chi connectivity index (χ1v) is 4.20. The number of hydrogen-bond donors (Lipinski definition) is 1. The van der Waals surface area contributed by atoms with Crippen molar-refractivity contribution in [3.05, 3.63) is 24.4 Å². The third-order valence-corrected chi connectivity index (χ3v) is 1.61. The summed E-state index contributed by atoms with van der Waals surface area (Å²) < 4.78 is 4.73. The Morgan fingerprint density at radius 2 is 2.42 bits per heavy atom. The van der Waals surface area contributed by atoms with Crippen LogP contribution in [0.5, 0.6) is 0 Å². The maximum Gasteiger partial charge on any atom is 0.123 e. The number of epoxide rings is 1. The number of nitrogen functional groups attached to an aromatic ring is 1. The van der Waals surface area contributed by atoms with Gasteiger partial charge >= 0.3 is 0 Å². The van der Waals surface area contributed by atoms with Gasteiger partial charge in [-0.25, -0.2) is 4.98 Å². The van der Waals surface area contributed by atoms with E-state index in [1.807, 2.05) is 12.1 Å². The summed E-state index contributed by atoms with van der Waals surface area (Å²) in [6.45, 7) is 0.878. The number of aromatic nitrogens is 1. The lowest BCUT2D eigenvalue weighted by Gasteiger charge is -1.82. The van der Waals surface area contributed by atoms with Gasteiger partial charge in [-0.3, -0.25) is 0 Å². The number of alkyl halides is 1. The monoisotopic (exact) mass is 186 g/mol. The van der Waals surface area contributed by atoms with Crippen LogP contribution in [0.2, 0.25) is 0 Å². The van der Waals surface area contributed by atoms with E-state index >= 15 is 0 Å². The maximum atomic E-state index is 5.27. The topological polar surface area (TPSA) is 51.4 Å². The Hall–Kier alpha value is -0.800. The van der Waals surface area contributed by atoms with Crippen molar-refractivity contribution in [3.8, 4) is 0 Å². The van der Waals surface area contributed by atoms with Crippen molar-refractivity contribution in [3.63, 3.8) is 0 Å². The summed E-state index contributed by atoms with van der Waals surface area (Å²) in [7, 11) is 0. The third kappa shape index (κ3) is 4.16. The third-order valence-electron chi connectivity index (χ3n) is 1.26. The molecule has 3 nitrogen and oxygen atoms in total. The molecule has 0 spiro atoms. The number of anilines is 1. The zero-order valence-corrected chi connectivity index (χ0v) is 7.37. The summed E-state index contributed by atoms with van der Waals surface area (Å²) in [5, 5.41) is 0. The SMILES string of the molecule is ClCC1CO1.Nc1ccccn1. The van der Waals surface area contributed by atoms with E-state index in [1.54, 1.807) is 12.3 Å². The van der Waals surface area contributed by atoms with Crippen LogP contribution >= 0.6 is 11.6 Å². The second-order valence-electron chi connectivity index (χ2n) is 2.36. The van der Waals surface area contributed by atoms with Crippen molar-refractivity contribution < 1.29 is 4.74 Å². The first-order valence-electron chi connectivity index (χ1n) is 3.67. The number of pyridine rings is 1. The normalized spacial score (nSPS) is 19.2. The van der Waals surface area contributed by atoms with Gasteiger partial charge in [-0.15, -0.1) is 11.6 Å². The number of rotatable bonds is 1. The Kier molecular flexibility index (Phi) is 3.84. The lowest BCUT2D eigenvalue weighted by molar-refractivity contribution is 0.425. The zero-order valence-electron chi connectivity index (χ0n) is 6.61. The first kappa shape index (κ1) is 9.29. The van der Waals surface area contributed by atoms with Crippen molar-refractivity contribution in [2.75, 3.05) is 18.2 Å². The zero-order chi connectivity index (χ0) is 8.81. The predicted molar refractivity (Wildman–Crippen MR) is 49.1 cm³/mol.